The second-order valence-electron chi connectivity index (χ2n) is 6.37. The quantitative estimate of drug-likeness (QED) is 0.596. The molecular formula is C19H19N3O5. The Balaban J connectivity index is 1.86. The van der Waals surface area contributed by atoms with E-state index in [1.165, 1.54) is 23.1 Å². The number of benzene rings is 2. The molecule has 1 unspecified atom stereocenters. The van der Waals surface area contributed by atoms with Crippen LogP contribution in [0.2, 0.25) is 0 Å². The van der Waals surface area contributed by atoms with Crippen LogP contribution in [0.15, 0.2) is 48.5 Å². The fraction of sp³-hybridized carbons (Fsp3) is 0.263. The Morgan fingerprint density at radius 3 is 2.63 bits per heavy atom. The molecule has 1 aliphatic heterocycles. The van der Waals surface area contributed by atoms with Crippen molar-refractivity contribution in [2.24, 2.45) is 0 Å². The number of nitro groups is 1. The standard InChI is InChI=1S/C19H19N3O5/c23-18(24)12-15-7-4-10-21(15)19(25)13-8-9-16(17(11-13)22(26)27)20-14-5-2-1-3-6-14/h1-3,5-6,8-9,11,15,20H,4,7,10,12H2,(H,23,24). The lowest BCUT2D eigenvalue weighted by atomic mass is 10.1. The van der Waals surface area contributed by atoms with Crippen LogP contribution < -0.4 is 5.32 Å². The normalized spacial score (nSPS) is 16.1. The van der Waals surface area contributed by atoms with Crippen LogP contribution in [0, 0.1) is 10.1 Å². The van der Waals surface area contributed by atoms with Gasteiger partial charge in [-0.2, -0.15) is 0 Å². The first kappa shape index (κ1) is 18.4. The summed E-state index contributed by atoms with van der Waals surface area (Å²) in [7, 11) is 0. The number of carbonyl (C=O) groups is 2. The average molecular weight is 369 g/mol. The minimum Gasteiger partial charge on any atom is -0.481 e. The van der Waals surface area contributed by atoms with Crippen LogP contribution in [0.25, 0.3) is 0 Å². The minimum atomic E-state index is -0.965. The van der Waals surface area contributed by atoms with Gasteiger partial charge < -0.3 is 15.3 Å². The van der Waals surface area contributed by atoms with Crippen LogP contribution in [0.1, 0.15) is 29.6 Å². The third-order valence-corrected chi connectivity index (χ3v) is 4.54. The van der Waals surface area contributed by atoms with Crippen LogP contribution in [0.4, 0.5) is 17.1 Å². The molecule has 8 nitrogen and oxygen atoms in total. The van der Waals surface area contributed by atoms with Crippen LogP contribution in [0.5, 0.6) is 0 Å². The van der Waals surface area contributed by atoms with Crippen molar-refractivity contribution in [1.29, 1.82) is 0 Å². The number of amides is 1. The molecule has 2 aromatic carbocycles. The highest BCUT2D eigenvalue weighted by Crippen LogP contribution is 2.30. The molecule has 2 N–H and O–H groups in total. The monoisotopic (exact) mass is 369 g/mol. The molecule has 0 radical (unpaired) electrons. The van der Waals surface area contributed by atoms with E-state index in [1.807, 2.05) is 18.2 Å². The molecule has 0 aromatic heterocycles. The van der Waals surface area contributed by atoms with Crippen LogP contribution >= 0.6 is 0 Å². The van der Waals surface area contributed by atoms with E-state index in [9.17, 15) is 19.7 Å². The Hall–Kier alpha value is -3.42. The molecule has 140 valence electrons. The predicted octanol–water partition coefficient (Wildman–Crippen LogP) is 3.42. The van der Waals surface area contributed by atoms with Crippen molar-refractivity contribution in [2.75, 3.05) is 11.9 Å². The smallest absolute Gasteiger partial charge is 0.305 e. The molecule has 2 aromatic rings. The first-order chi connectivity index (χ1) is 13.0. The number of carbonyl (C=O) groups excluding carboxylic acids is 1. The van der Waals surface area contributed by atoms with E-state index in [-0.39, 0.29) is 35.3 Å². The lowest BCUT2D eigenvalue weighted by Gasteiger charge is -2.23. The molecule has 27 heavy (non-hydrogen) atoms. The zero-order valence-corrected chi connectivity index (χ0v) is 14.5. The van der Waals surface area contributed by atoms with Crippen molar-refractivity contribution in [3.05, 3.63) is 64.2 Å². The second-order valence-corrected chi connectivity index (χ2v) is 6.37. The Bertz CT molecular complexity index is 869. The van der Waals surface area contributed by atoms with Gasteiger partial charge in [0.05, 0.1) is 11.3 Å². The highest BCUT2D eigenvalue weighted by molar-refractivity contribution is 5.96. The van der Waals surface area contributed by atoms with Crippen molar-refractivity contribution in [2.45, 2.75) is 25.3 Å². The molecule has 1 saturated heterocycles. The predicted molar refractivity (Wildman–Crippen MR) is 99.1 cm³/mol. The zero-order valence-electron chi connectivity index (χ0n) is 14.5. The number of rotatable bonds is 6. The van der Waals surface area contributed by atoms with E-state index < -0.39 is 10.9 Å². The van der Waals surface area contributed by atoms with Crippen molar-refractivity contribution in [3.8, 4) is 0 Å². The van der Waals surface area contributed by atoms with E-state index in [0.29, 0.717) is 18.7 Å². The maximum Gasteiger partial charge on any atom is 0.305 e. The van der Waals surface area contributed by atoms with Gasteiger partial charge in [0, 0.05) is 29.9 Å². The maximum atomic E-state index is 12.8. The fourth-order valence-corrected chi connectivity index (χ4v) is 3.28. The summed E-state index contributed by atoms with van der Waals surface area (Å²) in [6.07, 6.45) is 1.22. The van der Waals surface area contributed by atoms with Gasteiger partial charge in [-0.05, 0) is 37.1 Å². The molecule has 3 rings (SSSR count). The van der Waals surface area contributed by atoms with Crippen molar-refractivity contribution in [1.82, 2.24) is 4.90 Å². The number of nitrogens with zero attached hydrogens (tertiary/aromatic N) is 2. The van der Waals surface area contributed by atoms with Gasteiger partial charge >= 0.3 is 5.97 Å². The number of para-hydroxylation sites is 1. The van der Waals surface area contributed by atoms with Crippen molar-refractivity contribution < 1.29 is 19.6 Å². The topological polar surface area (TPSA) is 113 Å². The number of anilines is 2. The average Bonchev–Trinajstić information content (AvgIpc) is 3.09. The molecule has 8 heteroatoms. The summed E-state index contributed by atoms with van der Waals surface area (Å²) in [6, 6.07) is 12.9. The second kappa shape index (κ2) is 7.86. The Morgan fingerprint density at radius 2 is 1.96 bits per heavy atom. The summed E-state index contributed by atoms with van der Waals surface area (Å²) in [5, 5.41) is 23.5. The summed E-state index contributed by atoms with van der Waals surface area (Å²) in [5.41, 5.74) is 0.947. The summed E-state index contributed by atoms with van der Waals surface area (Å²) in [6.45, 7) is 0.453. The third kappa shape index (κ3) is 4.22. The number of carboxylic acid groups (broad SMARTS) is 1. The molecule has 0 bridgehead atoms. The van der Waals surface area contributed by atoms with Gasteiger partial charge in [-0.15, -0.1) is 0 Å². The van der Waals surface area contributed by atoms with Gasteiger partial charge in [-0.3, -0.25) is 19.7 Å². The third-order valence-electron chi connectivity index (χ3n) is 4.54. The Morgan fingerprint density at radius 1 is 1.22 bits per heavy atom. The van der Waals surface area contributed by atoms with Gasteiger partial charge in [0.2, 0.25) is 0 Å². The summed E-state index contributed by atoms with van der Waals surface area (Å²) < 4.78 is 0. The molecule has 1 aliphatic rings. The molecule has 1 amide bonds. The number of likely N-dealkylation sites (tertiary alicyclic amines) is 1. The number of aliphatic carboxylic acids is 1. The summed E-state index contributed by atoms with van der Waals surface area (Å²) in [5.74, 6) is -1.35. The fourth-order valence-electron chi connectivity index (χ4n) is 3.28. The molecule has 0 spiro atoms. The number of nitro benzene ring substituents is 1. The number of nitrogens with one attached hydrogen (secondary N) is 1. The summed E-state index contributed by atoms with van der Waals surface area (Å²) >= 11 is 0. The molecular weight excluding hydrogens is 350 g/mol. The lowest BCUT2D eigenvalue weighted by molar-refractivity contribution is -0.383. The molecule has 1 atom stereocenters. The van der Waals surface area contributed by atoms with Crippen LogP contribution in [-0.2, 0) is 4.79 Å². The van der Waals surface area contributed by atoms with Gasteiger partial charge in [-0.25, -0.2) is 0 Å². The highest BCUT2D eigenvalue weighted by Gasteiger charge is 2.31. The Kier molecular flexibility index (Phi) is 5.35. The first-order valence-electron chi connectivity index (χ1n) is 8.59. The molecule has 0 aliphatic carbocycles. The van der Waals surface area contributed by atoms with Gasteiger partial charge in [0.15, 0.2) is 0 Å². The Labute approximate surface area is 155 Å². The van der Waals surface area contributed by atoms with Crippen molar-refractivity contribution in [3.63, 3.8) is 0 Å². The highest BCUT2D eigenvalue weighted by atomic mass is 16.6. The number of carboxylic acids is 1. The van der Waals surface area contributed by atoms with E-state index in [4.69, 9.17) is 5.11 Å². The largest absolute Gasteiger partial charge is 0.481 e. The van der Waals surface area contributed by atoms with E-state index >= 15 is 0 Å². The summed E-state index contributed by atoms with van der Waals surface area (Å²) in [4.78, 5) is 36.2. The maximum absolute atomic E-state index is 12.8. The minimum absolute atomic E-state index is 0.124. The van der Waals surface area contributed by atoms with E-state index in [2.05, 4.69) is 5.32 Å². The number of hydrogen-bond donors (Lipinski definition) is 2. The van der Waals surface area contributed by atoms with E-state index in [0.717, 1.165) is 6.42 Å². The van der Waals surface area contributed by atoms with Gasteiger partial charge in [0.1, 0.15) is 5.69 Å². The van der Waals surface area contributed by atoms with Gasteiger partial charge in [-0.1, -0.05) is 18.2 Å². The first-order valence-corrected chi connectivity index (χ1v) is 8.59. The lowest BCUT2D eigenvalue weighted by Crippen LogP contribution is -2.36. The molecule has 1 heterocycles. The molecule has 1 fully saturated rings. The number of hydrogen-bond acceptors (Lipinski definition) is 5. The van der Waals surface area contributed by atoms with Crippen LogP contribution in [0.3, 0.4) is 0 Å². The van der Waals surface area contributed by atoms with E-state index in [1.54, 1.807) is 12.1 Å². The van der Waals surface area contributed by atoms with Crippen LogP contribution in [-0.4, -0.2) is 39.4 Å². The zero-order chi connectivity index (χ0) is 19.4. The SMILES string of the molecule is O=C(O)CC1CCCN1C(=O)c1ccc(Nc2ccccc2)c([N+](=O)[O-])c1. The van der Waals surface area contributed by atoms with Crippen molar-refractivity contribution >= 4 is 28.9 Å². The van der Waals surface area contributed by atoms with Gasteiger partial charge in [0.25, 0.3) is 11.6 Å². The molecule has 0 saturated carbocycles.